The van der Waals surface area contributed by atoms with Gasteiger partial charge in [-0.05, 0) is 54.2 Å². The smallest absolute Gasteiger partial charge is 0.248 e. The number of aromatic amines is 1. The largest absolute Gasteiger partial charge is 0.508 e. The number of carbonyl (C=O) groups excluding carboxylic acids is 6. The second kappa shape index (κ2) is 18.7. The predicted octanol–water partition coefficient (Wildman–Crippen LogP) is -0.732. The Labute approximate surface area is 317 Å². The number of nitrogens with zero attached hydrogens (tertiary/aromatic N) is 1. The van der Waals surface area contributed by atoms with Crippen molar-refractivity contribution in [3.63, 3.8) is 0 Å². The summed E-state index contributed by atoms with van der Waals surface area (Å²) in [6.45, 7) is -1.11. The summed E-state index contributed by atoms with van der Waals surface area (Å²) in [7, 11) is 0. The summed E-state index contributed by atoms with van der Waals surface area (Å²) in [5, 5.41) is 31.1. The molecule has 290 valence electrons. The molecule has 0 aliphatic carbocycles. The molecule has 3 aromatic carbocycles. The number of hydrogen-bond acceptors (Lipinski definition) is 9. The van der Waals surface area contributed by atoms with Crippen molar-refractivity contribution in [3.05, 3.63) is 102 Å². The second-order valence-corrected chi connectivity index (χ2v) is 13.5. The van der Waals surface area contributed by atoms with Gasteiger partial charge in [0.15, 0.2) is 0 Å². The lowest BCUT2D eigenvalue weighted by atomic mass is 10.0. The van der Waals surface area contributed by atoms with Crippen molar-refractivity contribution in [2.45, 2.75) is 62.3 Å². The Morgan fingerprint density at radius 1 is 0.782 bits per heavy atom. The fourth-order valence-electron chi connectivity index (χ4n) is 6.57. The summed E-state index contributed by atoms with van der Waals surface area (Å²) in [6.07, 6.45) is 2.63. The molecule has 6 amide bonds. The lowest BCUT2D eigenvalue weighted by Crippen LogP contribution is -2.60. The van der Waals surface area contributed by atoms with Crippen molar-refractivity contribution >= 4 is 46.3 Å². The maximum Gasteiger partial charge on any atom is 0.248 e. The van der Waals surface area contributed by atoms with Crippen LogP contribution in [0.15, 0.2) is 85.1 Å². The molecule has 4 aromatic rings. The fraction of sp³-hybridized carbons (Fsp3) is 0.333. The highest BCUT2D eigenvalue weighted by atomic mass is 16.3. The lowest BCUT2D eigenvalue weighted by molar-refractivity contribution is -0.143. The number of hydrogen-bond donors (Lipinski definition) is 9. The average Bonchev–Trinajstić information content (AvgIpc) is 3.84. The zero-order valence-corrected chi connectivity index (χ0v) is 30.1. The number of carbonyl (C=O) groups is 6. The number of nitrogens with two attached hydrogens (primary N) is 2. The van der Waals surface area contributed by atoms with Crippen LogP contribution in [0.5, 0.6) is 5.75 Å². The number of primary amides is 1. The Morgan fingerprint density at radius 3 is 2.15 bits per heavy atom. The monoisotopic (exact) mass is 754 g/mol. The van der Waals surface area contributed by atoms with Crippen LogP contribution in [0.25, 0.3) is 10.9 Å². The number of aliphatic hydroxyl groups excluding tert-OH is 1. The molecule has 16 heteroatoms. The number of phenols is 1. The van der Waals surface area contributed by atoms with Gasteiger partial charge in [0.25, 0.3) is 0 Å². The summed E-state index contributed by atoms with van der Waals surface area (Å²) in [4.78, 5) is 83.6. The van der Waals surface area contributed by atoms with E-state index in [4.69, 9.17) is 11.5 Å². The number of aromatic nitrogens is 1. The summed E-state index contributed by atoms with van der Waals surface area (Å²) in [6, 6.07) is 16.6. The molecular weight excluding hydrogens is 708 g/mol. The first-order valence-corrected chi connectivity index (χ1v) is 17.9. The van der Waals surface area contributed by atoms with Gasteiger partial charge in [-0.15, -0.1) is 0 Å². The third-order valence-corrected chi connectivity index (χ3v) is 9.45. The Morgan fingerprint density at radius 2 is 1.44 bits per heavy atom. The third kappa shape index (κ3) is 10.7. The van der Waals surface area contributed by atoms with Gasteiger partial charge in [-0.25, -0.2) is 0 Å². The van der Waals surface area contributed by atoms with Crippen LogP contribution in [0.2, 0.25) is 0 Å². The minimum Gasteiger partial charge on any atom is -0.508 e. The molecule has 0 radical (unpaired) electrons. The van der Waals surface area contributed by atoms with Crippen molar-refractivity contribution < 1.29 is 39.0 Å². The Hall–Kier alpha value is -6.26. The van der Waals surface area contributed by atoms with Gasteiger partial charge < -0.3 is 52.8 Å². The number of benzene rings is 3. The van der Waals surface area contributed by atoms with E-state index < -0.39 is 78.8 Å². The third-order valence-electron chi connectivity index (χ3n) is 9.45. The minimum absolute atomic E-state index is 0.0427. The first-order valence-electron chi connectivity index (χ1n) is 17.9. The van der Waals surface area contributed by atoms with Gasteiger partial charge >= 0.3 is 0 Å². The molecule has 1 fully saturated rings. The molecular formula is C39H46N8O8. The zero-order valence-electron chi connectivity index (χ0n) is 30.1. The summed E-state index contributed by atoms with van der Waals surface area (Å²) in [5.41, 5.74) is 14.4. The van der Waals surface area contributed by atoms with Gasteiger partial charge in [0, 0.05) is 36.5 Å². The topological polar surface area (TPSA) is 262 Å². The Balaban J connectivity index is 1.27. The number of likely N-dealkylation sites (tertiary alicyclic amines) is 1. The maximum absolute atomic E-state index is 13.9. The van der Waals surface area contributed by atoms with E-state index >= 15 is 0 Å². The number of H-pyrrole nitrogens is 1. The SMILES string of the molecule is NC(=O)CNC(=O)C(Cc1c[nH]c2ccccc12)NC(=O)C1CCCN1C(=O)C(CO)NC(=O)C(Cc1ccccc1)NC(=O)C(N)Cc1ccc(O)cc1. The van der Waals surface area contributed by atoms with Gasteiger partial charge in [-0.2, -0.15) is 0 Å². The maximum atomic E-state index is 13.9. The highest BCUT2D eigenvalue weighted by molar-refractivity contribution is 5.97. The minimum atomic E-state index is -1.47. The van der Waals surface area contributed by atoms with Crippen LogP contribution >= 0.6 is 0 Å². The van der Waals surface area contributed by atoms with Gasteiger partial charge in [-0.1, -0.05) is 60.7 Å². The summed E-state index contributed by atoms with van der Waals surface area (Å²) < 4.78 is 0. The lowest BCUT2D eigenvalue weighted by Gasteiger charge is -2.30. The number of aromatic hydroxyl groups is 1. The molecule has 5 unspecified atom stereocenters. The number of rotatable bonds is 17. The van der Waals surface area contributed by atoms with Crippen LogP contribution in [0.1, 0.15) is 29.5 Å². The van der Waals surface area contributed by atoms with Crippen LogP contribution in [-0.4, -0.2) is 105 Å². The van der Waals surface area contributed by atoms with Crippen molar-refractivity contribution in [3.8, 4) is 5.75 Å². The first kappa shape index (κ1) is 39.9. The Kier molecular flexibility index (Phi) is 13.6. The molecule has 5 atom stereocenters. The van der Waals surface area contributed by atoms with E-state index in [1.807, 2.05) is 24.3 Å². The standard InChI is InChI=1S/C39H46N8O8/c40-28(17-24-12-14-26(49)15-13-24)35(51)44-30(18-23-7-2-1-3-8-23)37(53)46-32(22-48)39(55)47-16-6-11-33(47)38(54)45-31(36(52)43-21-34(41)50)19-25-20-42-29-10-5-4-9-27(25)29/h1-5,7-10,12-15,20,28,30-33,42,48-49H,6,11,16-19,21-22,40H2,(H2,41,50)(H,43,52)(H,44,51)(H,45,54)(H,46,53). The van der Waals surface area contributed by atoms with E-state index in [1.54, 1.807) is 48.7 Å². The van der Waals surface area contributed by atoms with Gasteiger partial charge in [-0.3, -0.25) is 28.8 Å². The molecule has 1 saturated heterocycles. The molecule has 16 nitrogen and oxygen atoms in total. The van der Waals surface area contributed by atoms with Crippen LogP contribution in [0, 0.1) is 0 Å². The van der Waals surface area contributed by atoms with E-state index in [9.17, 15) is 39.0 Å². The quantitative estimate of drug-likeness (QED) is 0.0657. The van der Waals surface area contributed by atoms with E-state index in [2.05, 4.69) is 26.3 Å². The van der Waals surface area contributed by atoms with E-state index in [0.29, 0.717) is 17.5 Å². The average molecular weight is 755 g/mol. The highest BCUT2D eigenvalue weighted by Gasteiger charge is 2.39. The molecule has 1 aliphatic rings. The van der Waals surface area contributed by atoms with Gasteiger partial charge in [0.1, 0.15) is 29.9 Å². The van der Waals surface area contributed by atoms with Gasteiger partial charge in [0.05, 0.1) is 19.2 Å². The number of phenolic OH excluding ortho intramolecular Hbond substituents is 1. The Bertz CT molecular complexity index is 1990. The summed E-state index contributed by atoms with van der Waals surface area (Å²) >= 11 is 0. The van der Waals surface area contributed by atoms with Crippen LogP contribution in [0.4, 0.5) is 0 Å². The fourth-order valence-corrected chi connectivity index (χ4v) is 6.57. The highest BCUT2D eigenvalue weighted by Crippen LogP contribution is 2.22. The van der Waals surface area contributed by atoms with Crippen LogP contribution in [0.3, 0.4) is 0 Å². The second-order valence-electron chi connectivity index (χ2n) is 13.5. The molecule has 0 spiro atoms. The van der Waals surface area contributed by atoms with E-state index in [1.165, 1.54) is 17.0 Å². The molecule has 1 aromatic heterocycles. The molecule has 11 N–H and O–H groups in total. The normalized spacial score (nSPS) is 16.0. The number of amides is 6. The number of fused-ring (bicyclic) bond motifs is 1. The van der Waals surface area contributed by atoms with Gasteiger partial charge in [0.2, 0.25) is 35.4 Å². The molecule has 1 aliphatic heterocycles. The predicted molar refractivity (Wildman–Crippen MR) is 202 cm³/mol. The molecule has 0 bridgehead atoms. The van der Waals surface area contributed by atoms with E-state index in [0.717, 1.165) is 16.5 Å². The number of nitrogens with one attached hydrogen (secondary N) is 5. The van der Waals surface area contributed by atoms with Crippen molar-refractivity contribution in [1.29, 1.82) is 0 Å². The van der Waals surface area contributed by atoms with E-state index in [-0.39, 0.29) is 38.0 Å². The molecule has 2 heterocycles. The first-order chi connectivity index (χ1) is 26.4. The van der Waals surface area contributed by atoms with Crippen molar-refractivity contribution in [2.24, 2.45) is 11.5 Å². The molecule has 55 heavy (non-hydrogen) atoms. The number of aliphatic hydroxyl groups is 1. The molecule has 0 saturated carbocycles. The van der Waals surface area contributed by atoms with Crippen molar-refractivity contribution in [1.82, 2.24) is 31.2 Å². The van der Waals surface area contributed by atoms with Crippen molar-refractivity contribution in [2.75, 3.05) is 19.7 Å². The van der Waals surface area contributed by atoms with Crippen LogP contribution in [-0.2, 0) is 48.0 Å². The summed E-state index contributed by atoms with van der Waals surface area (Å²) in [5.74, 6) is -4.11. The molecule has 5 rings (SSSR count). The zero-order chi connectivity index (χ0) is 39.5. The number of para-hydroxylation sites is 1. The van der Waals surface area contributed by atoms with Crippen LogP contribution < -0.4 is 32.7 Å².